The van der Waals surface area contributed by atoms with Crippen LogP contribution < -0.4 is 0 Å². The van der Waals surface area contributed by atoms with Gasteiger partial charge in [0.1, 0.15) is 0 Å². The van der Waals surface area contributed by atoms with Crippen molar-refractivity contribution in [2.45, 2.75) is 24.3 Å². The number of methoxy groups -OCH3 is 1. The number of nitriles is 1. The van der Waals surface area contributed by atoms with E-state index >= 15 is 0 Å². The lowest BCUT2D eigenvalue weighted by molar-refractivity contribution is 0.118. The Morgan fingerprint density at radius 2 is 2.33 bits per heavy atom. The molecule has 0 aliphatic heterocycles. The largest absolute Gasteiger partial charge is 0.381 e. The highest BCUT2D eigenvalue weighted by Gasteiger charge is 2.11. The van der Waals surface area contributed by atoms with Crippen LogP contribution in [0.15, 0.2) is 0 Å². The summed E-state index contributed by atoms with van der Waals surface area (Å²) in [6.45, 7) is 1.93. The molecule has 0 saturated carbocycles. The SMILES string of the molecule is COC(C)[C@@H](Br)CC#N. The number of hydrogen-bond acceptors (Lipinski definition) is 2. The number of rotatable bonds is 3. The predicted octanol–water partition coefficient (Wildman–Crippen LogP) is 1.70. The summed E-state index contributed by atoms with van der Waals surface area (Å²) in [6.07, 6.45) is 0.610. The molecule has 2 nitrogen and oxygen atoms in total. The Kier molecular flexibility index (Phi) is 4.74. The van der Waals surface area contributed by atoms with Gasteiger partial charge in [0.2, 0.25) is 0 Å². The van der Waals surface area contributed by atoms with E-state index in [1.165, 1.54) is 0 Å². The van der Waals surface area contributed by atoms with Gasteiger partial charge >= 0.3 is 0 Å². The maximum absolute atomic E-state index is 8.25. The van der Waals surface area contributed by atoms with Crippen molar-refractivity contribution < 1.29 is 4.74 Å². The van der Waals surface area contributed by atoms with Gasteiger partial charge in [-0.2, -0.15) is 5.26 Å². The summed E-state index contributed by atoms with van der Waals surface area (Å²) < 4.78 is 4.97. The fourth-order valence-corrected chi connectivity index (χ4v) is 0.761. The molecule has 0 fully saturated rings. The highest BCUT2D eigenvalue weighted by molar-refractivity contribution is 9.09. The summed E-state index contributed by atoms with van der Waals surface area (Å²) in [5.74, 6) is 0. The summed E-state index contributed by atoms with van der Waals surface area (Å²) in [4.78, 5) is 0.160. The molecule has 0 radical (unpaired) electrons. The molecule has 1 unspecified atom stereocenters. The lowest BCUT2D eigenvalue weighted by atomic mass is 10.2. The summed E-state index contributed by atoms with van der Waals surface area (Å²) in [5.41, 5.74) is 0. The van der Waals surface area contributed by atoms with E-state index in [0.29, 0.717) is 6.42 Å². The molecule has 0 aromatic carbocycles. The quantitative estimate of drug-likeness (QED) is 0.637. The first-order valence-corrected chi connectivity index (χ1v) is 3.67. The van der Waals surface area contributed by atoms with Crippen molar-refractivity contribution in [3.05, 3.63) is 0 Å². The lowest BCUT2D eigenvalue weighted by Gasteiger charge is -2.12. The molecule has 0 aromatic heterocycles. The Labute approximate surface area is 63.9 Å². The van der Waals surface area contributed by atoms with Gasteiger partial charge in [-0.05, 0) is 6.92 Å². The first kappa shape index (κ1) is 8.93. The van der Waals surface area contributed by atoms with Gasteiger partial charge in [-0.25, -0.2) is 0 Å². The van der Waals surface area contributed by atoms with Crippen molar-refractivity contribution in [3.63, 3.8) is 0 Å². The highest BCUT2D eigenvalue weighted by Crippen LogP contribution is 2.11. The molecule has 0 spiro atoms. The standard InChI is InChI=1S/C6H10BrNO/c1-5(9-2)6(7)3-4-8/h5-6H,3H2,1-2H3/t5?,6-/m0/s1. The van der Waals surface area contributed by atoms with Crippen LogP contribution in [0, 0.1) is 11.3 Å². The molecule has 52 valence electrons. The molecule has 0 amide bonds. The molecule has 0 saturated heterocycles. The first-order valence-electron chi connectivity index (χ1n) is 2.76. The third-order valence-corrected chi connectivity index (χ3v) is 2.24. The highest BCUT2D eigenvalue weighted by atomic mass is 79.9. The first-order chi connectivity index (χ1) is 4.22. The third-order valence-electron chi connectivity index (χ3n) is 1.17. The van der Waals surface area contributed by atoms with Gasteiger partial charge in [-0.15, -0.1) is 0 Å². The third kappa shape index (κ3) is 3.50. The van der Waals surface area contributed by atoms with Gasteiger partial charge in [0.15, 0.2) is 0 Å². The van der Waals surface area contributed by atoms with Crippen molar-refractivity contribution >= 4 is 15.9 Å². The number of hydrogen-bond donors (Lipinski definition) is 0. The number of nitrogens with zero attached hydrogens (tertiary/aromatic N) is 1. The Balaban J connectivity index is 3.48. The molecular formula is C6H10BrNO. The molecule has 2 atom stereocenters. The molecular weight excluding hydrogens is 182 g/mol. The van der Waals surface area contributed by atoms with E-state index in [0.717, 1.165) is 0 Å². The Hall–Kier alpha value is -0.0700. The van der Waals surface area contributed by atoms with Crippen LogP contribution in [0.2, 0.25) is 0 Å². The van der Waals surface area contributed by atoms with Crippen molar-refractivity contribution in [3.8, 4) is 6.07 Å². The molecule has 0 N–H and O–H groups in total. The smallest absolute Gasteiger partial charge is 0.0678 e. The van der Waals surface area contributed by atoms with Gasteiger partial charge in [0, 0.05) is 7.11 Å². The zero-order chi connectivity index (χ0) is 7.28. The van der Waals surface area contributed by atoms with Gasteiger partial charge in [0.25, 0.3) is 0 Å². The van der Waals surface area contributed by atoms with E-state index < -0.39 is 0 Å². The van der Waals surface area contributed by atoms with E-state index in [1.807, 2.05) is 6.92 Å². The van der Waals surface area contributed by atoms with Crippen LogP contribution in [-0.4, -0.2) is 18.0 Å². The number of halogens is 1. The minimum Gasteiger partial charge on any atom is -0.381 e. The van der Waals surface area contributed by atoms with E-state index in [4.69, 9.17) is 10.00 Å². The molecule has 0 aliphatic carbocycles. The van der Waals surface area contributed by atoms with E-state index in [-0.39, 0.29) is 10.9 Å². The molecule has 0 aliphatic rings. The molecule has 9 heavy (non-hydrogen) atoms. The van der Waals surface area contributed by atoms with Gasteiger partial charge < -0.3 is 4.74 Å². The second-order valence-corrected chi connectivity index (χ2v) is 3.00. The fourth-order valence-electron chi connectivity index (χ4n) is 0.401. The van der Waals surface area contributed by atoms with Crippen LogP contribution in [0.4, 0.5) is 0 Å². The van der Waals surface area contributed by atoms with Crippen LogP contribution >= 0.6 is 15.9 Å². The Bertz CT molecular complexity index is 110. The average molecular weight is 192 g/mol. The van der Waals surface area contributed by atoms with Crippen molar-refractivity contribution in [1.29, 1.82) is 5.26 Å². The van der Waals surface area contributed by atoms with Crippen LogP contribution in [0.1, 0.15) is 13.3 Å². The second-order valence-electron chi connectivity index (χ2n) is 1.82. The van der Waals surface area contributed by atoms with Crippen LogP contribution in [0.25, 0.3) is 0 Å². The summed E-state index contributed by atoms with van der Waals surface area (Å²) in [7, 11) is 1.64. The minimum atomic E-state index is 0.115. The van der Waals surface area contributed by atoms with Gasteiger partial charge in [-0.3, -0.25) is 0 Å². The predicted molar refractivity (Wildman–Crippen MR) is 39.4 cm³/mol. The van der Waals surface area contributed by atoms with Crippen molar-refractivity contribution in [2.24, 2.45) is 0 Å². The molecule has 0 aromatic rings. The summed E-state index contributed by atoms with van der Waals surface area (Å²) >= 11 is 3.32. The normalized spacial score (nSPS) is 16.2. The maximum Gasteiger partial charge on any atom is 0.0678 e. The summed E-state index contributed by atoms with van der Waals surface area (Å²) in [5, 5.41) is 8.25. The second kappa shape index (κ2) is 4.78. The van der Waals surface area contributed by atoms with E-state index in [2.05, 4.69) is 22.0 Å². The fraction of sp³-hybridized carbons (Fsp3) is 0.833. The lowest BCUT2D eigenvalue weighted by Crippen LogP contribution is -2.18. The van der Waals surface area contributed by atoms with Gasteiger partial charge in [-0.1, -0.05) is 15.9 Å². The minimum absolute atomic E-state index is 0.115. The monoisotopic (exact) mass is 191 g/mol. The van der Waals surface area contributed by atoms with Crippen LogP contribution in [0.5, 0.6) is 0 Å². The molecule has 0 heterocycles. The van der Waals surface area contributed by atoms with Crippen molar-refractivity contribution in [1.82, 2.24) is 0 Å². The van der Waals surface area contributed by atoms with Gasteiger partial charge in [0.05, 0.1) is 23.4 Å². The Morgan fingerprint density at radius 3 is 2.67 bits per heavy atom. The van der Waals surface area contributed by atoms with E-state index in [1.54, 1.807) is 7.11 Å². The molecule has 0 rings (SSSR count). The van der Waals surface area contributed by atoms with Crippen molar-refractivity contribution in [2.75, 3.05) is 7.11 Å². The Morgan fingerprint density at radius 1 is 1.78 bits per heavy atom. The summed E-state index contributed by atoms with van der Waals surface area (Å²) in [6, 6.07) is 2.06. The zero-order valence-corrected chi connectivity index (χ0v) is 7.18. The number of ether oxygens (including phenoxy) is 1. The topological polar surface area (TPSA) is 33.0 Å². The zero-order valence-electron chi connectivity index (χ0n) is 5.60. The average Bonchev–Trinajstić information content (AvgIpc) is 1.87. The van der Waals surface area contributed by atoms with Crippen LogP contribution in [0.3, 0.4) is 0 Å². The molecule has 0 bridgehead atoms. The van der Waals surface area contributed by atoms with E-state index in [9.17, 15) is 0 Å². The van der Waals surface area contributed by atoms with Crippen LogP contribution in [-0.2, 0) is 4.74 Å². The number of alkyl halides is 1. The maximum atomic E-state index is 8.25. The molecule has 3 heteroatoms.